The SMILES string of the molecule is CCC(C)(CC(C)(C)C)C(=O)OCC(F)(F)F. The van der Waals surface area contributed by atoms with Crippen LogP contribution in [-0.2, 0) is 9.53 Å². The van der Waals surface area contributed by atoms with Crippen LogP contribution in [-0.4, -0.2) is 18.8 Å². The van der Waals surface area contributed by atoms with Gasteiger partial charge in [0.1, 0.15) is 0 Å². The van der Waals surface area contributed by atoms with Crippen LogP contribution in [0.25, 0.3) is 0 Å². The van der Waals surface area contributed by atoms with Gasteiger partial charge in [0.25, 0.3) is 0 Å². The van der Waals surface area contributed by atoms with Crippen LogP contribution in [0.1, 0.15) is 47.5 Å². The summed E-state index contributed by atoms with van der Waals surface area (Å²) in [5.74, 6) is -0.771. The summed E-state index contributed by atoms with van der Waals surface area (Å²) in [4.78, 5) is 11.7. The monoisotopic (exact) mass is 254 g/mol. The molecule has 0 rings (SSSR count). The second kappa shape index (κ2) is 5.27. The van der Waals surface area contributed by atoms with Crippen LogP contribution in [0.4, 0.5) is 13.2 Å². The summed E-state index contributed by atoms with van der Waals surface area (Å²) in [5, 5.41) is 0. The maximum Gasteiger partial charge on any atom is 0.422 e. The highest BCUT2D eigenvalue weighted by Crippen LogP contribution is 2.37. The summed E-state index contributed by atoms with van der Waals surface area (Å²) in [5.41, 5.74) is -0.995. The molecule has 0 radical (unpaired) electrons. The quantitative estimate of drug-likeness (QED) is 0.710. The van der Waals surface area contributed by atoms with Crippen LogP contribution in [0.5, 0.6) is 0 Å². The van der Waals surface area contributed by atoms with Crippen molar-refractivity contribution in [3.63, 3.8) is 0 Å². The molecule has 1 atom stereocenters. The summed E-state index contributed by atoms with van der Waals surface area (Å²) >= 11 is 0. The van der Waals surface area contributed by atoms with Gasteiger partial charge in [-0.3, -0.25) is 4.79 Å². The lowest BCUT2D eigenvalue weighted by Crippen LogP contribution is -2.35. The van der Waals surface area contributed by atoms with E-state index in [-0.39, 0.29) is 5.41 Å². The minimum absolute atomic E-state index is 0.137. The molecule has 0 aliphatic heterocycles. The first-order valence-corrected chi connectivity index (χ1v) is 5.64. The molecule has 102 valence electrons. The van der Waals surface area contributed by atoms with Crippen molar-refractivity contribution in [1.82, 2.24) is 0 Å². The van der Waals surface area contributed by atoms with E-state index in [1.165, 1.54) is 0 Å². The van der Waals surface area contributed by atoms with Crippen molar-refractivity contribution in [1.29, 1.82) is 0 Å². The summed E-state index contributed by atoms with van der Waals surface area (Å²) in [7, 11) is 0. The number of esters is 1. The standard InChI is InChI=1S/C12H21F3O2/c1-6-11(5,7-10(2,3)4)9(16)17-8-12(13,14)15/h6-8H2,1-5H3. The highest BCUT2D eigenvalue weighted by molar-refractivity contribution is 5.76. The fraction of sp³-hybridized carbons (Fsp3) is 0.917. The van der Waals surface area contributed by atoms with Crippen LogP contribution in [0, 0.1) is 10.8 Å². The highest BCUT2D eigenvalue weighted by atomic mass is 19.4. The number of carbonyl (C=O) groups excluding carboxylic acids is 1. The average Bonchev–Trinajstić information content (AvgIpc) is 2.10. The predicted octanol–water partition coefficient (Wildman–Crippen LogP) is 3.94. The van der Waals surface area contributed by atoms with Crippen molar-refractivity contribution < 1.29 is 22.7 Å². The van der Waals surface area contributed by atoms with Gasteiger partial charge in [-0.2, -0.15) is 13.2 Å². The van der Waals surface area contributed by atoms with Crippen LogP contribution >= 0.6 is 0 Å². The number of hydrogen-bond acceptors (Lipinski definition) is 2. The fourth-order valence-corrected chi connectivity index (χ4v) is 1.83. The first-order valence-electron chi connectivity index (χ1n) is 5.64. The molecule has 0 aromatic carbocycles. The van der Waals surface area contributed by atoms with Gasteiger partial charge in [0.2, 0.25) is 0 Å². The van der Waals surface area contributed by atoms with E-state index in [4.69, 9.17) is 0 Å². The fourth-order valence-electron chi connectivity index (χ4n) is 1.83. The Labute approximate surface area is 101 Å². The van der Waals surface area contributed by atoms with Gasteiger partial charge in [0.05, 0.1) is 5.41 Å². The van der Waals surface area contributed by atoms with Gasteiger partial charge in [-0.1, -0.05) is 27.7 Å². The molecule has 0 aromatic rings. The number of hydrogen-bond donors (Lipinski definition) is 0. The zero-order chi connectivity index (χ0) is 13.9. The first-order chi connectivity index (χ1) is 7.40. The molecule has 0 heterocycles. The van der Waals surface area contributed by atoms with Crippen molar-refractivity contribution >= 4 is 5.97 Å². The van der Waals surface area contributed by atoms with Crippen molar-refractivity contribution in [2.75, 3.05) is 6.61 Å². The Kier molecular flexibility index (Phi) is 5.04. The zero-order valence-corrected chi connectivity index (χ0v) is 11.1. The van der Waals surface area contributed by atoms with E-state index in [1.54, 1.807) is 13.8 Å². The number of rotatable bonds is 4. The maximum atomic E-state index is 12.0. The molecule has 0 saturated heterocycles. The predicted molar refractivity (Wildman–Crippen MR) is 59.5 cm³/mol. The van der Waals surface area contributed by atoms with Crippen LogP contribution in [0.2, 0.25) is 0 Å². The molecular weight excluding hydrogens is 233 g/mol. The van der Waals surface area contributed by atoms with E-state index in [0.717, 1.165) is 0 Å². The summed E-state index contributed by atoms with van der Waals surface area (Å²) in [6.07, 6.45) is -3.51. The van der Waals surface area contributed by atoms with E-state index < -0.39 is 24.2 Å². The van der Waals surface area contributed by atoms with E-state index >= 15 is 0 Å². The van der Waals surface area contributed by atoms with Gasteiger partial charge in [-0.15, -0.1) is 0 Å². The lowest BCUT2D eigenvalue weighted by molar-refractivity contribution is -0.194. The Morgan fingerprint density at radius 3 is 1.88 bits per heavy atom. The molecule has 0 aliphatic carbocycles. The third kappa shape index (κ3) is 6.54. The van der Waals surface area contributed by atoms with Gasteiger partial charge in [-0.05, 0) is 25.2 Å². The minimum atomic E-state index is -4.47. The number of halogens is 3. The maximum absolute atomic E-state index is 12.0. The molecule has 0 aromatic heterocycles. The molecule has 0 aliphatic rings. The minimum Gasteiger partial charge on any atom is -0.456 e. The molecule has 1 unspecified atom stereocenters. The number of ether oxygens (including phenoxy) is 1. The van der Waals surface area contributed by atoms with Gasteiger partial charge in [0.15, 0.2) is 6.61 Å². The number of carbonyl (C=O) groups is 1. The topological polar surface area (TPSA) is 26.3 Å². The summed E-state index contributed by atoms with van der Waals surface area (Å²) in [6.45, 7) is 7.75. The lowest BCUT2D eigenvalue weighted by Gasteiger charge is -2.32. The Morgan fingerprint density at radius 1 is 1.12 bits per heavy atom. The summed E-state index contributed by atoms with van der Waals surface area (Å²) in [6, 6.07) is 0. The second-order valence-corrected chi connectivity index (χ2v) is 5.84. The van der Waals surface area contributed by atoms with Gasteiger partial charge >= 0.3 is 12.1 Å². The second-order valence-electron chi connectivity index (χ2n) is 5.84. The van der Waals surface area contributed by atoms with Gasteiger partial charge in [0, 0.05) is 0 Å². The van der Waals surface area contributed by atoms with Crippen LogP contribution < -0.4 is 0 Å². The molecule has 0 N–H and O–H groups in total. The molecule has 0 bridgehead atoms. The third-order valence-corrected chi connectivity index (χ3v) is 2.56. The Hall–Kier alpha value is -0.740. The number of alkyl halides is 3. The van der Waals surface area contributed by atoms with E-state index in [9.17, 15) is 18.0 Å². The van der Waals surface area contributed by atoms with Crippen molar-refractivity contribution in [3.05, 3.63) is 0 Å². The van der Waals surface area contributed by atoms with Crippen molar-refractivity contribution in [2.24, 2.45) is 10.8 Å². The van der Waals surface area contributed by atoms with Gasteiger partial charge < -0.3 is 4.74 Å². The molecule has 0 fully saturated rings. The van der Waals surface area contributed by atoms with E-state index in [2.05, 4.69) is 4.74 Å². The molecule has 5 heteroatoms. The van der Waals surface area contributed by atoms with Gasteiger partial charge in [-0.25, -0.2) is 0 Å². The Bertz CT molecular complexity index is 266. The molecule has 2 nitrogen and oxygen atoms in total. The summed E-state index contributed by atoms with van der Waals surface area (Å²) < 4.78 is 40.3. The third-order valence-electron chi connectivity index (χ3n) is 2.56. The molecule has 17 heavy (non-hydrogen) atoms. The largest absolute Gasteiger partial charge is 0.456 e. The first kappa shape index (κ1) is 16.3. The normalized spacial score (nSPS) is 16.5. The van der Waals surface area contributed by atoms with E-state index in [0.29, 0.717) is 12.8 Å². The zero-order valence-electron chi connectivity index (χ0n) is 11.1. The average molecular weight is 254 g/mol. The lowest BCUT2D eigenvalue weighted by atomic mass is 9.73. The van der Waals surface area contributed by atoms with Crippen molar-refractivity contribution in [2.45, 2.75) is 53.6 Å². The molecule has 0 spiro atoms. The van der Waals surface area contributed by atoms with Crippen LogP contribution in [0.3, 0.4) is 0 Å². The Morgan fingerprint density at radius 2 is 1.59 bits per heavy atom. The smallest absolute Gasteiger partial charge is 0.422 e. The van der Waals surface area contributed by atoms with E-state index in [1.807, 2.05) is 20.8 Å². The van der Waals surface area contributed by atoms with Crippen molar-refractivity contribution in [3.8, 4) is 0 Å². The molecule has 0 amide bonds. The Balaban J connectivity index is 4.59. The van der Waals surface area contributed by atoms with Crippen LogP contribution in [0.15, 0.2) is 0 Å². The molecule has 0 saturated carbocycles. The molecular formula is C12H21F3O2. The highest BCUT2D eigenvalue weighted by Gasteiger charge is 2.39.